The van der Waals surface area contributed by atoms with Crippen LogP contribution in [0.4, 0.5) is 5.69 Å². The summed E-state index contributed by atoms with van der Waals surface area (Å²) in [7, 11) is 0. The van der Waals surface area contributed by atoms with E-state index in [9.17, 15) is 10.1 Å². The first kappa shape index (κ1) is 17.6. The Morgan fingerprint density at radius 3 is 2.85 bits per heavy atom. The molecule has 0 unspecified atom stereocenters. The topological polar surface area (TPSA) is 108 Å². The van der Waals surface area contributed by atoms with Gasteiger partial charge in [0.15, 0.2) is 0 Å². The first-order valence-corrected chi connectivity index (χ1v) is 8.52. The fourth-order valence-electron chi connectivity index (χ4n) is 2.99. The minimum absolute atomic E-state index is 0.243. The number of anilines is 1. The zero-order valence-corrected chi connectivity index (χ0v) is 14.8. The van der Waals surface area contributed by atoms with Crippen LogP contribution in [0, 0.1) is 17.2 Å². The summed E-state index contributed by atoms with van der Waals surface area (Å²) < 4.78 is 0. The molecule has 0 aliphatic heterocycles. The van der Waals surface area contributed by atoms with Gasteiger partial charge in [0, 0.05) is 29.0 Å². The number of hydrogen-bond acceptors (Lipinski definition) is 4. The molecule has 6 nitrogen and oxygen atoms in total. The lowest BCUT2D eigenvalue weighted by molar-refractivity contribution is -0.117. The predicted molar refractivity (Wildman–Crippen MR) is 102 cm³/mol. The number of nitriles is 1. The van der Waals surface area contributed by atoms with E-state index in [1.165, 1.54) is 0 Å². The van der Waals surface area contributed by atoms with E-state index in [1.54, 1.807) is 18.3 Å². The predicted octanol–water partition coefficient (Wildman–Crippen LogP) is 3.41. The molecule has 0 radical (unpaired) electrons. The number of nitrogens with one attached hydrogen (secondary N) is 2. The Balaban J connectivity index is 1.91. The molecule has 2 heterocycles. The van der Waals surface area contributed by atoms with E-state index in [4.69, 9.17) is 5.73 Å². The van der Waals surface area contributed by atoms with Crippen molar-refractivity contribution in [2.24, 2.45) is 11.7 Å². The van der Waals surface area contributed by atoms with Crippen LogP contribution < -0.4 is 11.1 Å². The fourth-order valence-corrected chi connectivity index (χ4v) is 2.99. The zero-order valence-electron chi connectivity index (χ0n) is 14.8. The molecule has 132 valence electrons. The Hall–Kier alpha value is -3.17. The van der Waals surface area contributed by atoms with Gasteiger partial charge in [0.1, 0.15) is 5.65 Å². The lowest BCUT2D eigenvalue weighted by atomic mass is 9.98. The number of amides is 1. The molecule has 3 aromatic rings. The van der Waals surface area contributed by atoms with E-state index in [1.807, 2.05) is 38.2 Å². The van der Waals surface area contributed by atoms with Gasteiger partial charge in [-0.15, -0.1) is 0 Å². The Bertz CT molecular complexity index is 983. The van der Waals surface area contributed by atoms with E-state index in [0.29, 0.717) is 23.6 Å². The van der Waals surface area contributed by atoms with Gasteiger partial charge in [-0.25, -0.2) is 4.98 Å². The molecule has 4 N–H and O–H groups in total. The molecule has 3 rings (SSSR count). The van der Waals surface area contributed by atoms with Crippen LogP contribution in [-0.2, 0) is 4.79 Å². The molecule has 0 bridgehead atoms. The van der Waals surface area contributed by atoms with E-state index >= 15 is 0 Å². The minimum atomic E-state index is -0.570. The van der Waals surface area contributed by atoms with Crippen LogP contribution in [-0.4, -0.2) is 21.9 Å². The Labute approximate surface area is 152 Å². The van der Waals surface area contributed by atoms with Gasteiger partial charge in [0.05, 0.1) is 17.7 Å². The molecular formula is C20H21N5O. The number of fused-ring (bicyclic) bond motifs is 1. The highest BCUT2D eigenvalue weighted by Gasteiger charge is 2.16. The van der Waals surface area contributed by atoms with Crippen LogP contribution in [0.25, 0.3) is 22.2 Å². The zero-order chi connectivity index (χ0) is 18.7. The number of pyridine rings is 1. The number of nitrogens with zero attached hydrogens (tertiary/aromatic N) is 2. The molecule has 1 aromatic carbocycles. The van der Waals surface area contributed by atoms with Crippen molar-refractivity contribution in [3.63, 3.8) is 0 Å². The smallest absolute Gasteiger partial charge is 0.241 e. The molecule has 0 saturated heterocycles. The molecule has 0 spiro atoms. The van der Waals surface area contributed by atoms with Crippen molar-refractivity contribution in [1.82, 2.24) is 9.97 Å². The second kappa shape index (κ2) is 7.38. The van der Waals surface area contributed by atoms with E-state index in [2.05, 4.69) is 21.4 Å². The van der Waals surface area contributed by atoms with Crippen molar-refractivity contribution in [2.75, 3.05) is 5.32 Å². The maximum Gasteiger partial charge on any atom is 0.241 e. The quantitative estimate of drug-likeness (QED) is 0.657. The van der Waals surface area contributed by atoms with Gasteiger partial charge >= 0.3 is 0 Å². The normalized spacial score (nSPS) is 12.1. The summed E-state index contributed by atoms with van der Waals surface area (Å²) >= 11 is 0. The van der Waals surface area contributed by atoms with Crippen molar-refractivity contribution in [1.29, 1.82) is 5.26 Å². The lowest BCUT2D eigenvalue weighted by Gasteiger charge is -2.15. The number of benzene rings is 1. The van der Waals surface area contributed by atoms with Crippen molar-refractivity contribution < 1.29 is 4.79 Å². The second-order valence-electron chi connectivity index (χ2n) is 6.70. The average molecular weight is 347 g/mol. The fraction of sp³-hybridized carbons (Fsp3) is 0.250. The number of hydrogen-bond donors (Lipinski definition) is 3. The number of aromatic nitrogens is 2. The highest BCUT2D eigenvalue weighted by atomic mass is 16.2. The third-order valence-corrected chi connectivity index (χ3v) is 4.22. The van der Waals surface area contributed by atoms with Gasteiger partial charge in [0.25, 0.3) is 0 Å². The molecule has 0 fully saturated rings. The van der Waals surface area contributed by atoms with Crippen LogP contribution in [0.3, 0.4) is 0 Å². The van der Waals surface area contributed by atoms with Gasteiger partial charge in [-0.3, -0.25) is 4.79 Å². The molecule has 0 aliphatic rings. The van der Waals surface area contributed by atoms with Crippen LogP contribution in [0.15, 0.2) is 42.7 Å². The first-order valence-electron chi connectivity index (χ1n) is 8.52. The minimum Gasteiger partial charge on any atom is -0.346 e. The molecular weight excluding hydrogens is 326 g/mol. The lowest BCUT2D eigenvalue weighted by Crippen LogP contribution is -2.36. The maximum atomic E-state index is 12.2. The van der Waals surface area contributed by atoms with Crippen molar-refractivity contribution in [3.05, 3.63) is 48.3 Å². The van der Waals surface area contributed by atoms with Crippen molar-refractivity contribution in [2.45, 2.75) is 26.3 Å². The molecule has 1 amide bonds. The summed E-state index contributed by atoms with van der Waals surface area (Å²) in [5.41, 5.74) is 9.45. The first-order chi connectivity index (χ1) is 12.5. The van der Waals surface area contributed by atoms with E-state index < -0.39 is 6.04 Å². The van der Waals surface area contributed by atoms with Gasteiger partial charge in [-0.2, -0.15) is 5.26 Å². The Kier molecular flexibility index (Phi) is 5.01. The summed E-state index contributed by atoms with van der Waals surface area (Å²) in [5, 5.41) is 13.3. The highest BCUT2D eigenvalue weighted by molar-refractivity contribution is 5.97. The van der Waals surface area contributed by atoms with Crippen molar-refractivity contribution >= 4 is 22.6 Å². The summed E-state index contributed by atoms with van der Waals surface area (Å²) in [6.07, 6.45) is 4.13. The van der Waals surface area contributed by atoms with Crippen molar-refractivity contribution in [3.8, 4) is 17.2 Å². The monoisotopic (exact) mass is 347 g/mol. The maximum absolute atomic E-state index is 12.2. The summed E-state index contributed by atoms with van der Waals surface area (Å²) in [4.78, 5) is 19.6. The number of nitrogens with two attached hydrogens (primary N) is 1. The number of carbonyl (C=O) groups is 1. The number of H-pyrrole nitrogens is 1. The second-order valence-corrected chi connectivity index (χ2v) is 6.70. The third kappa shape index (κ3) is 3.58. The third-order valence-electron chi connectivity index (χ3n) is 4.22. The summed E-state index contributed by atoms with van der Waals surface area (Å²) in [6, 6.07) is 10.8. The van der Waals surface area contributed by atoms with Gasteiger partial charge in [0.2, 0.25) is 5.91 Å². The number of aromatic amines is 1. The molecule has 1 atom stereocenters. The van der Waals surface area contributed by atoms with Crippen LogP contribution >= 0.6 is 0 Å². The van der Waals surface area contributed by atoms with Gasteiger partial charge < -0.3 is 16.0 Å². The van der Waals surface area contributed by atoms with Crippen LogP contribution in [0.2, 0.25) is 0 Å². The Morgan fingerprint density at radius 2 is 2.12 bits per heavy atom. The molecule has 2 aromatic heterocycles. The largest absolute Gasteiger partial charge is 0.346 e. The molecule has 0 saturated carbocycles. The van der Waals surface area contributed by atoms with Gasteiger partial charge in [-0.05, 0) is 42.2 Å². The summed E-state index contributed by atoms with van der Waals surface area (Å²) in [5.74, 6) is 0.0931. The highest BCUT2D eigenvalue weighted by Crippen LogP contribution is 2.31. The molecule has 26 heavy (non-hydrogen) atoms. The van der Waals surface area contributed by atoms with Gasteiger partial charge in [-0.1, -0.05) is 19.9 Å². The average Bonchev–Trinajstić information content (AvgIpc) is 3.09. The Morgan fingerprint density at radius 1 is 1.31 bits per heavy atom. The molecule has 0 aliphatic carbocycles. The van der Waals surface area contributed by atoms with E-state index in [-0.39, 0.29) is 5.91 Å². The van der Waals surface area contributed by atoms with Crippen LogP contribution in [0.1, 0.15) is 25.8 Å². The standard InChI is InChI=1S/C20H21N5O/c1-12(2)9-18(22)20(26)25-14-3-4-15(13(10-14)11-21)16-5-7-23-19-17(16)6-8-24-19/h3-8,10,12,18H,9,22H2,1-2H3,(H,23,24)(H,25,26)/t18-/m1/s1. The molecule has 6 heteroatoms. The summed E-state index contributed by atoms with van der Waals surface area (Å²) in [6.45, 7) is 4.04. The van der Waals surface area contributed by atoms with Crippen LogP contribution in [0.5, 0.6) is 0 Å². The SMILES string of the molecule is CC(C)C[C@@H](N)C(=O)Nc1ccc(-c2ccnc3[nH]ccc23)c(C#N)c1. The number of rotatable bonds is 5. The number of carbonyl (C=O) groups excluding carboxylic acids is 1. The van der Waals surface area contributed by atoms with E-state index in [0.717, 1.165) is 22.2 Å².